The van der Waals surface area contributed by atoms with Gasteiger partial charge < -0.3 is 14.9 Å². The van der Waals surface area contributed by atoms with E-state index in [1.807, 2.05) is 0 Å². The lowest BCUT2D eigenvalue weighted by atomic mass is 10.1. The maximum Gasteiger partial charge on any atom is 0.160 e. The number of hydrogen-bond donors (Lipinski definition) is 2. The SMILES string of the molecule is CCCCOCCc1cccc(O)c1O. The van der Waals surface area contributed by atoms with Crippen LogP contribution in [0.25, 0.3) is 0 Å². The van der Waals surface area contributed by atoms with Crippen LogP contribution in [0.5, 0.6) is 11.5 Å². The van der Waals surface area contributed by atoms with Gasteiger partial charge in [0.1, 0.15) is 0 Å². The highest BCUT2D eigenvalue weighted by Gasteiger charge is 2.04. The summed E-state index contributed by atoms with van der Waals surface area (Å²) in [6, 6.07) is 4.98. The van der Waals surface area contributed by atoms with E-state index in [1.54, 1.807) is 12.1 Å². The molecule has 0 aliphatic carbocycles. The van der Waals surface area contributed by atoms with Crippen LogP contribution >= 0.6 is 0 Å². The summed E-state index contributed by atoms with van der Waals surface area (Å²) in [5.74, 6) is -0.0994. The van der Waals surface area contributed by atoms with Crippen molar-refractivity contribution in [3.8, 4) is 11.5 Å². The van der Waals surface area contributed by atoms with Gasteiger partial charge in [0.05, 0.1) is 6.61 Å². The molecular formula is C12H18O3. The van der Waals surface area contributed by atoms with E-state index in [9.17, 15) is 10.2 Å². The zero-order valence-corrected chi connectivity index (χ0v) is 9.07. The lowest BCUT2D eigenvalue weighted by Crippen LogP contribution is -2.00. The Bertz CT molecular complexity index is 297. The second-order valence-corrected chi connectivity index (χ2v) is 3.50. The quantitative estimate of drug-likeness (QED) is 0.560. The fraction of sp³-hybridized carbons (Fsp3) is 0.500. The Kier molecular flexibility index (Phi) is 4.98. The van der Waals surface area contributed by atoms with Crippen LogP contribution in [0.4, 0.5) is 0 Å². The first kappa shape index (κ1) is 11.9. The first-order valence-electron chi connectivity index (χ1n) is 5.33. The molecule has 0 amide bonds. The number of aromatic hydroxyl groups is 2. The third-order valence-corrected chi connectivity index (χ3v) is 2.26. The Morgan fingerprint density at radius 3 is 2.73 bits per heavy atom. The molecule has 0 aromatic heterocycles. The minimum Gasteiger partial charge on any atom is -0.504 e. The number of rotatable bonds is 6. The monoisotopic (exact) mass is 210 g/mol. The fourth-order valence-electron chi connectivity index (χ4n) is 1.31. The van der Waals surface area contributed by atoms with Gasteiger partial charge in [-0.05, 0) is 18.9 Å². The number of unbranched alkanes of at least 4 members (excludes halogenated alkanes) is 1. The first-order chi connectivity index (χ1) is 7.25. The van der Waals surface area contributed by atoms with Crippen LogP contribution in [0.3, 0.4) is 0 Å². The van der Waals surface area contributed by atoms with Crippen LogP contribution in [-0.4, -0.2) is 23.4 Å². The van der Waals surface area contributed by atoms with Crippen molar-refractivity contribution in [2.24, 2.45) is 0 Å². The van der Waals surface area contributed by atoms with E-state index in [4.69, 9.17) is 4.74 Å². The number of para-hydroxylation sites is 1. The Labute approximate surface area is 90.3 Å². The van der Waals surface area contributed by atoms with Crippen molar-refractivity contribution in [1.82, 2.24) is 0 Å². The third-order valence-electron chi connectivity index (χ3n) is 2.26. The first-order valence-corrected chi connectivity index (χ1v) is 5.33. The van der Waals surface area contributed by atoms with Gasteiger partial charge in [-0.25, -0.2) is 0 Å². The van der Waals surface area contributed by atoms with Crippen LogP contribution in [-0.2, 0) is 11.2 Å². The molecule has 1 aromatic rings. The predicted octanol–water partition coefficient (Wildman–Crippen LogP) is 2.46. The van der Waals surface area contributed by atoms with Crippen molar-refractivity contribution < 1.29 is 14.9 Å². The molecule has 0 saturated carbocycles. The van der Waals surface area contributed by atoms with Crippen molar-refractivity contribution in [2.75, 3.05) is 13.2 Å². The smallest absolute Gasteiger partial charge is 0.160 e. The average Bonchev–Trinajstić information content (AvgIpc) is 2.24. The van der Waals surface area contributed by atoms with Gasteiger partial charge in [-0.2, -0.15) is 0 Å². The minimum absolute atomic E-state index is 0.0309. The van der Waals surface area contributed by atoms with Crippen LogP contribution in [0.1, 0.15) is 25.3 Å². The van der Waals surface area contributed by atoms with Crippen LogP contribution in [0.15, 0.2) is 18.2 Å². The molecule has 0 saturated heterocycles. The van der Waals surface area contributed by atoms with Gasteiger partial charge in [0.2, 0.25) is 0 Å². The van der Waals surface area contributed by atoms with Gasteiger partial charge in [-0.3, -0.25) is 0 Å². The number of ether oxygens (including phenoxy) is 1. The predicted molar refractivity (Wildman–Crippen MR) is 59.2 cm³/mol. The number of benzene rings is 1. The Morgan fingerprint density at radius 1 is 1.20 bits per heavy atom. The van der Waals surface area contributed by atoms with E-state index >= 15 is 0 Å². The average molecular weight is 210 g/mol. The summed E-state index contributed by atoms with van der Waals surface area (Å²) in [7, 11) is 0. The molecule has 0 aliphatic rings. The molecule has 0 aliphatic heterocycles. The van der Waals surface area contributed by atoms with Gasteiger partial charge in [-0.1, -0.05) is 25.5 Å². The van der Waals surface area contributed by atoms with Crippen LogP contribution in [0.2, 0.25) is 0 Å². The Hall–Kier alpha value is -1.22. The molecule has 0 bridgehead atoms. The maximum absolute atomic E-state index is 9.49. The second-order valence-electron chi connectivity index (χ2n) is 3.50. The van der Waals surface area contributed by atoms with Gasteiger partial charge >= 0.3 is 0 Å². The van der Waals surface area contributed by atoms with Crippen molar-refractivity contribution in [3.05, 3.63) is 23.8 Å². The molecule has 0 spiro atoms. The number of phenols is 2. The largest absolute Gasteiger partial charge is 0.504 e. The third kappa shape index (κ3) is 3.80. The second kappa shape index (κ2) is 6.30. The summed E-state index contributed by atoms with van der Waals surface area (Å²) in [4.78, 5) is 0. The summed E-state index contributed by atoms with van der Waals surface area (Å²) >= 11 is 0. The summed E-state index contributed by atoms with van der Waals surface area (Å²) in [6.45, 7) is 3.46. The summed E-state index contributed by atoms with van der Waals surface area (Å²) in [5, 5.41) is 18.7. The molecule has 15 heavy (non-hydrogen) atoms. The standard InChI is InChI=1S/C12H18O3/c1-2-3-8-15-9-7-10-5-4-6-11(13)12(10)14/h4-6,13-14H,2-3,7-9H2,1H3. The van der Waals surface area contributed by atoms with Crippen molar-refractivity contribution in [3.63, 3.8) is 0 Å². The van der Waals surface area contributed by atoms with Crippen molar-refractivity contribution >= 4 is 0 Å². The highest BCUT2D eigenvalue weighted by atomic mass is 16.5. The Morgan fingerprint density at radius 2 is 2.00 bits per heavy atom. The molecule has 0 atom stereocenters. The maximum atomic E-state index is 9.49. The molecule has 3 heteroatoms. The Balaban J connectivity index is 2.34. The summed E-state index contributed by atoms with van der Waals surface area (Å²) in [6.07, 6.45) is 2.81. The molecule has 0 unspecified atom stereocenters. The fourth-order valence-corrected chi connectivity index (χ4v) is 1.31. The lowest BCUT2D eigenvalue weighted by Gasteiger charge is -2.06. The van der Waals surface area contributed by atoms with Gasteiger partial charge in [0.15, 0.2) is 11.5 Å². The van der Waals surface area contributed by atoms with E-state index in [-0.39, 0.29) is 11.5 Å². The number of phenolic OH excluding ortho intramolecular Hbond substituents is 2. The van der Waals surface area contributed by atoms with E-state index in [0.29, 0.717) is 13.0 Å². The lowest BCUT2D eigenvalue weighted by molar-refractivity contribution is 0.134. The highest BCUT2D eigenvalue weighted by Crippen LogP contribution is 2.28. The molecule has 1 aromatic carbocycles. The normalized spacial score (nSPS) is 10.5. The van der Waals surface area contributed by atoms with Gasteiger partial charge in [-0.15, -0.1) is 0 Å². The molecular weight excluding hydrogens is 192 g/mol. The van der Waals surface area contributed by atoms with Crippen molar-refractivity contribution in [2.45, 2.75) is 26.2 Å². The van der Waals surface area contributed by atoms with Crippen molar-refractivity contribution in [1.29, 1.82) is 0 Å². The molecule has 0 fully saturated rings. The van der Waals surface area contributed by atoms with Gasteiger partial charge in [0.25, 0.3) is 0 Å². The number of hydrogen-bond acceptors (Lipinski definition) is 3. The van der Waals surface area contributed by atoms with Gasteiger partial charge in [0, 0.05) is 12.2 Å². The zero-order valence-electron chi connectivity index (χ0n) is 9.07. The zero-order chi connectivity index (χ0) is 11.1. The minimum atomic E-state index is -0.0685. The molecule has 1 rings (SSSR count). The molecule has 3 nitrogen and oxygen atoms in total. The summed E-state index contributed by atoms with van der Waals surface area (Å²) < 4.78 is 5.38. The van der Waals surface area contributed by atoms with Crippen LogP contribution < -0.4 is 0 Å². The van der Waals surface area contributed by atoms with E-state index in [2.05, 4.69) is 6.92 Å². The molecule has 0 radical (unpaired) electrons. The van der Waals surface area contributed by atoms with E-state index < -0.39 is 0 Å². The molecule has 0 heterocycles. The molecule has 2 N–H and O–H groups in total. The van der Waals surface area contributed by atoms with Crippen LogP contribution in [0, 0.1) is 0 Å². The van der Waals surface area contributed by atoms with E-state index in [0.717, 1.165) is 25.0 Å². The molecule has 84 valence electrons. The topological polar surface area (TPSA) is 49.7 Å². The summed E-state index contributed by atoms with van der Waals surface area (Å²) in [5.41, 5.74) is 0.728. The van der Waals surface area contributed by atoms with E-state index in [1.165, 1.54) is 6.07 Å². The highest BCUT2D eigenvalue weighted by molar-refractivity contribution is 5.44.